The quantitative estimate of drug-likeness (QED) is 0.647. The number of nitrogens with zero attached hydrogens (tertiary/aromatic N) is 4. The summed E-state index contributed by atoms with van der Waals surface area (Å²) in [5, 5.41) is 4.62. The highest BCUT2D eigenvalue weighted by molar-refractivity contribution is 6.33. The van der Waals surface area contributed by atoms with Gasteiger partial charge in [0.2, 0.25) is 0 Å². The molecule has 0 aliphatic carbocycles. The van der Waals surface area contributed by atoms with Crippen LogP contribution in [0.15, 0.2) is 65.6 Å². The molecule has 2 heterocycles. The van der Waals surface area contributed by atoms with E-state index in [9.17, 15) is 4.79 Å². The average molecular weight is 409 g/mol. The summed E-state index contributed by atoms with van der Waals surface area (Å²) in [5.74, 6) is 0. The minimum Gasteiger partial charge on any atom is -0.366 e. The smallest absolute Gasteiger partial charge is 0.287 e. The van der Waals surface area contributed by atoms with Gasteiger partial charge in [-0.3, -0.25) is 9.69 Å². The van der Waals surface area contributed by atoms with Crippen molar-refractivity contribution in [3.05, 3.63) is 92.9 Å². The van der Waals surface area contributed by atoms with E-state index in [-0.39, 0.29) is 10.6 Å². The van der Waals surface area contributed by atoms with E-state index in [1.807, 2.05) is 30.3 Å². The van der Waals surface area contributed by atoms with Gasteiger partial charge in [-0.1, -0.05) is 71.8 Å². The zero-order chi connectivity index (χ0) is 20.2. The SMILES string of the molecule is Cc1cccc(CN2CCN(c3cnn(Cc4ccccc4)c(=O)c3Cl)CC2)c1. The van der Waals surface area contributed by atoms with Gasteiger partial charge in [0.05, 0.1) is 18.4 Å². The van der Waals surface area contributed by atoms with Crippen LogP contribution in [-0.2, 0) is 13.1 Å². The van der Waals surface area contributed by atoms with E-state index in [1.54, 1.807) is 6.20 Å². The average Bonchev–Trinajstić information content (AvgIpc) is 2.73. The lowest BCUT2D eigenvalue weighted by Gasteiger charge is -2.36. The minimum atomic E-state index is -0.241. The standard InChI is InChI=1S/C23H25ClN4O/c1-18-6-5-9-20(14-18)16-26-10-12-27(13-11-26)21-15-25-28(23(29)22(21)24)17-19-7-3-2-4-8-19/h2-9,14-15H,10-13,16-17H2,1H3. The van der Waals surface area contributed by atoms with Crippen molar-refractivity contribution in [2.24, 2.45) is 0 Å². The van der Waals surface area contributed by atoms with E-state index in [2.05, 4.69) is 46.1 Å². The summed E-state index contributed by atoms with van der Waals surface area (Å²) in [7, 11) is 0. The summed E-state index contributed by atoms with van der Waals surface area (Å²) in [6.07, 6.45) is 1.73. The lowest BCUT2D eigenvalue weighted by molar-refractivity contribution is 0.249. The largest absolute Gasteiger partial charge is 0.366 e. The molecule has 0 unspecified atom stereocenters. The molecule has 0 amide bonds. The molecule has 29 heavy (non-hydrogen) atoms. The molecule has 1 saturated heterocycles. The fourth-order valence-corrected chi connectivity index (χ4v) is 4.03. The van der Waals surface area contributed by atoms with Crippen LogP contribution in [0.2, 0.25) is 5.02 Å². The predicted octanol–water partition coefficient (Wildman–Crippen LogP) is 3.58. The van der Waals surface area contributed by atoms with Crippen molar-refractivity contribution in [1.29, 1.82) is 0 Å². The first kappa shape index (κ1) is 19.7. The second kappa shape index (κ2) is 8.80. The third-order valence-corrected chi connectivity index (χ3v) is 5.70. The first-order valence-corrected chi connectivity index (χ1v) is 10.3. The molecule has 2 aromatic carbocycles. The number of anilines is 1. The van der Waals surface area contributed by atoms with Gasteiger partial charge in [0.15, 0.2) is 0 Å². The molecule has 0 radical (unpaired) electrons. The van der Waals surface area contributed by atoms with E-state index < -0.39 is 0 Å². The Balaban J connectivity index is 1.42. The van der Waals surface area contributed by atoms with Crippen LogP contribution >= 0.6 is 11.6 Å². The normalized spacial score (nSPS) is 14.9. The molecule has 150 valence electrons. The van der Waals surface area contributed by atoms with Gasteiger partial charge in [-0.25, -0.2) is 4.68 Å². The predicted molar refractivity (Wildman–Crippen MR) is 118 cm³/mol. The van der Waals surface area contributed by atoms with E-state index >= 15 is 0 Å². The summed E-state index contributed by atoms with van der Waals surface area (Å²) in [4.78, 5) is 17.3. The van der Waals surface area contributed by atoms with Crippen LogP contribution in [0, 0.1) is 6.92 Å². The van der Waals surface area contributed by atoms with Gasteiger partial charge in [-0.2, -0.15) is 5.10 Å². The van der Waals surface area contributed by atoms with Crippen LogP contribution in [0.3, 0.4) is 0 Å². The molecular weight excluding hydrogens is 384 g/mol. The number of piperazine rings is 1. The maximum atomic E-state index is 12.7. The van der Waals surface area contributed by atoms with Crippen LogP contribution in [0.25, 0.3) is 0 Å². The number of hydrogen-bond donors (Lipinski definition) is 0. The van der Waals surface area contributed by atoms with E-state index in [0.29, 0.717) is 6.54 Å². The first-order valence-electron chi connectivity index (χ1n) is 9.92. The lowest BCUT2D eigenvalue weighted by Crippen LogP contribution is -2.46. The molecule has 0 bridgehead atoms. The van der Waals surface area contributed by atoms with Crippen LogP contribution in [0.1, 0.15) is 16.7 Å². The highest BCUT2D eigenvalue weighted by Gasteiger charge is 2.21. The summed E-state index contributed by atoms with van der Waals surface area (Å²) in [6.45, 7) is 7.00. The molecule has 6 heteroatoms. The van der Waals surface area contributed by atoms with Gasteiger partial charge < -0.3 is 4.90 Å². The maximum Gasteiger partial charge on any atom is 0.287 e. The number of aromatic nitrogens is 2. The molecular formula is C23H25ClN4O. The van der Waals surface area contributed by atoms with Crippen molar-refractivity contribution in [1.82, 2.24) is 14.7 Å². The third-order valence-electron chi connectivity index (χ3n) is 5.34. The van der Waals surface area contributed by atoms with Crippen LogP contribution in [0.5, 0.6) is 0 Å². The number of aryl methyl sites for hydroxylation is 1. The number of halogens is 1. The third kappa shape index (κ3) is 4.69. The van der Waals surface area contributed by atoms with Crippen molar-refractivity contribution in [2.75, 3.05) is 31.1 Å². The summed E-state index contributed by atoms with van der Waals surface area (Å²) >= 11 is 6.45. The van der Waals surface area contributed by atoms with E-state index in [4.69, 9.17) is 11.6 Å². The molecule has 3 aromatic rings. The first-order chi connectivity index (χ1) is 14.1. The number of rotatable bonds is 5. The van der Waals surface area contributed by atoms with Gasteiger partial charge in [0.25, 0.3) is 5.56 Å². The van der Waals surface area contributed by atoms with Gasteiger partial charge in [0, 0.05) is 32.7 Å². The molecule has 5 nitrogen and oxygen atoms in total. The van der Waals surface area contributed by atoms with E-state index in [1.165, 1.54) is 15.8 Å². The zero-order valence-corrected chi connectivity index (χ0v) is 17.3. The van der Waals surface area contributed by atoms with E-state index in [0.717, 1.165) is 44.0 Å². The molecule has 1 fully saturated rings. The van der Waals surface area contributed by atoms with Crippen molar-refractivity contribution in [3.8, 4) is 0 Å². The van der Waals surface area contributed by atoms with Gasteiger partial charge in [-0.15, -0.1) is 0 Å². The van der Waals surface area contributed by atoms with Crippen LogP contribution in [0.4, 0.5) is 5.69 Å². The lowest BCUT2D eigenvalue weighted by atomic mass is 10.1. The van der Waals surface area contributed by atoms with Gasteiger partial charge in [-0.05, 0) is 18.1 Å². The van der Waals surface area contributed by atoms with Crippen molar-refractivity contribution >= 4 is 17.3 Å². The molecule has 1 aliphatic rings. The molecule has 1 aromatic heterocycles. The zero-order valence-electron chi connectivity index (χ0n) is 16.6. The van der Waals surface area contributed by atoms with Crippen molar-refractivity contribution in [3.63, 3.8) is 0 Å². The molecule has 0 spiro atoms. The Morgan fingerprint density at radius 3 is 2.38 bits per heavy atom. The second-order valence-electron chi connectivity index (χ2n) is 7.54. The monoisotopic (exact) mass is 408 g/mol. The Morgan fingerprint density at radius 1 is 0.931 bits per heavy atom. The molecule has 0 atom stereocenters. The Labute approximate surface area is 176 Å². The fourth-order valence-electron chi connectivity index (χ4n) is 3.76. The maximum absolute atomic E-state index is 12.7. The fraction of sp³-hybridized carbons (Fsp3) is 0.304. The van der Waals surface area contributed by atoms with Gasteiger partial charge >= 0.3 is 0 Å². The molecule has 1 aliphatic heterocycles. The highest BCUT2D eigenvalue weighted by atomic mass is 35.5. The topological polar surface area (TPSA) is 41.4 Å². The molecule has 0 saturated carbocycles. The Kier molecular flexibility index (Phi) is 5.97. The Bertz CT molecular complexity index is 1030. The second-order valence-corrected chi connectivity index (χ2v) is 7.92. The summed E-state index contributed by atoms with van der Waals surface area (Å²) in [5.41, 5.74) is 4.14. The van der Waals surface area contributed by atoms with Gasteiger partial charge in [0.1, 0.15) is 5.02 Å². The Hall–Kier alpha value is -2.63. The minimum absolute atomic E-state index is 0.241. The molecule has 0 N–H and O–H groups in total. The molecule has 4 rings (SSSR count). The number of hydrogen-bond acceptors (Lipinski definition) is 4. The highest BCUT2D eigenvalue weighted by Crippen LogP contribution is 2.23. The Morgan fingerprint density at radius 2 is 1.66 bits per heavy atom. The van der Waals surface area contributed by atoms with Crippen LogP contribution in [-0.4, -0.2) is 40.9 Å². The summed E-state index contributed by atoms with van der Waals surface area (Å²) < 4.78 is 1.43. The van der Waals surface area contributed by atoms with Crippen molar-refractivity contribution in [2.45, 2.75) is 20.0 Å². The number of benzene rings is 2. The summed E-state index contributed by atoms with van der Waals surface area (Å²) in [6, 6.07) is 18.4. The van der Waals surface area contributed by atoms with Crippen LogP contribution < -0.4 is 10.5 Å². The van der Waals surface area contributed by atoms with Crippen molar-refractivity contribution < 1.29 is 0 Å².